The molecular weight excluding hydrogens is 330 g/mol. The van der Waals surface area contributed by atoms with E-state index in [1.54, 1.807) is 30.6 Å². The molecule has 1 aromatic rings. The van der Waals surface area contributed by atoms with Gasteiger partial charge in [-0.1, -0.05) is 6.07 Å². The lowest BCUT2D eigenvalue weighted by Crippen LogP contribution is -2.29. The van der Waals surface area contributed by atoms with E-state index in [1.165, 1.54) is 13.0 Å². The van der Waals surface area contributed by atoms with Crippen LogP contribution in [0.5, 0.6) is 0 Å². The average molecular weight is 341 g/mol. The van der Waals surface area contributed by atoms with Gasteiger partial charge in [0.1, 0.15) is 17.0 Å². The monoisotopic (exact) mass is 341 g/mol. The van der Waals surface area contributed by atoms with Gasteiger partial charge in [-0.15, -0.1) is 0 Å². The van der Waals surface area contributed by atoms with E-state index in [4.69, 9.17) is 17.0 Å². The van der Waals surface area contributed by atoms with Crippen molar-refractivity contribution >= 4 is 41.1 Å². The number of rotatable bonds is 2. The van der Waals surface area contributed by atoms with Crippen molar-refractivity contribution in [3.8, 4) is 0 Å². The van der Waals surface area contributed by atoms with E-state index in [2.05, 4.69) is 10.3 Å². The van der Waals surface area contributed by atoms with Gasteiger partial charge in [0.05, 0.1) is 0 Å². The number of ether oxygens (including phenoxy) is 1. The van der Waals surface area contributed by atoms with E-state index in [9.17, 15) is 14.4 Å². The molecule has 0 atom stereocenters. The zero-order chi connectivity index (χ0) is 17.3. The molecule has 120 valence electrons. The first-order valence-corrected chi connectivity index (χ1v) is 7.29. The van der Waals surface area contributed by atoms with Crippen LogP contribution in [0.2, 0.25) is 0 Å². The maximum absolute atomic E-state index is 12.4. The summed E-state index contributed by atoms with van der Waals surface area (Å²) in [6, 6.07) is 3.50. The van der Waals surface area contributed by atoms with Crippen LogP contribution in [-0.2, 0) is 19.1 Å². The van der Waals surface area contributed by atoms with Crippen molar-refractivity contribution in [2.24, 2.45) is 0 Å². The van der Waals surface area contributed by atoms with Crippen LogP contribution in [0.3, 0.4) is 0 Å². The third kappa shape index (κ3) is 2.99. The van der Waals surface area contributed by atoms with Gasteiger partial charge in [-0.05, 0) is 36.8 Å². The van der Waals surface area contributed by atoms with Crippen LogP contribution < -0.4 is 5.32 Å². The zero-order valence-electron chi connectivity index (χ0n) is 12.5. The Hall–Kier alpha value is -3.13. The number of cyclic esters (lactones) is 1. The van der Waals surface area contributed by atoms with Gasteiger partial charge in [-0.25, -0.2) is 4.79 Å². The van der Waals surface area contributed by atoms with Gasteiger partial charge in [0.15, 0.2) is 10.9 Å². The quantitative estimate of drug-likeness (QED) is 0.372. The fourth-order valence-corrected chi connectivity index (χ4v) is 2.38. The molecule has 0 spiro atoms. The largest absolute Gasteiger partial charge is 0.427 e. The van der Waals surface area contributed by atoms with Gasteiger partial charge >= 0.3 is 5.97 Å². The van der Waals surface area contributed by atoms with Crippen molar-refractivity contribution < 1.29 is 19.1 Å². The van der Waals surface area contributed by atoms with Crippen LogP contribution >= 0.6 is 12.2 Å². The second kappa shape index (κ2) is 6.17. The normalized spacial score (nSPS) is 21.2. The smallest absolute Gasteiger partial charge is 0.348 e. The molecule has 0 bridgehead atoms. The molecule has 8 heteroatoms. The topological polar surface area (TPSA) is 88.6 Å². The van der Waals surface area contributed by atoms with Crippen LogP contribution in [0.25, 0.3) is 6.08 Å². The predicted molar refractivity (Wildman–Crippen MR) is 87.7 cm³/mol. The van der Waals surface area contributed by atoms with Crippen LogP contribution in [-0.4, -0.2) is 32.7 Å². The number of carbonyl (C=O) groups is 3. The van der Waals surface area contributed by atoms with E-state index in [0.29, 0.717) is 5.56 Å². The first-order valence-electron chi connectivity index (χ1n) is 6.88. The Kier molecular flexibility index (Phi) is 4.05. The molecule has 2 aliphatic heterocycles. The Morgan fingerprint density at radius 1 is 1.33 bits per heavy atom. The van der Waals surface area contributed by atoms with Crippen LogP contribution in [0.1, 0.15) is 12.5 Å². The fraction of sp³-hybridized carbons (Fsp3) is 0.0625. The Morgan fingerprint density at radius 3 is 2.79 bits per heavy atom. The van der Waals surface area contributed by atoms with E-state index in [0.717, 1.165) is 11.1 Å². The van der Waals surface area contributed by atoms with Crippen LogP contribution in [0.15, 0.2) is 53.8 Å². The third-order valence-corrected chi connectivity index (χ3v) is 3.54. The minimum absolute atomic E-state index is 0.0644. The number of amides is 1. The number of allylic oxidation sites excluding steroid dienone is 2. The summed E-state index contributed by atoms with van der Waals surface area (Å²) in [5, 5.41) is 2.81. The number of nitrogens with one attached hydrogen (secondary N) is 1. The van der Waals surface area contributed by atoms with Crippen LogP contribution in [0.4, 0.5) is 0 Å². The zero-order valence-corrected chi connectivity index (χ0v) is 13.3. The van der Waals surface area contributed by atoms with Crippen molar-refractivity contribution in [2.75, 3.05) is 0 Å². The Labute approximate surface area is 142 Å². The molecule has 0 aromatic carbocycles. The lowest BCUT2D eigenvalue weighted by atomic mass is 10.1. The van der Waals surface area contributed by atoms with Gasteiger partial charge < -0.3 is 10.1 Å². The molecule has 24 heavy (non-hydrogen) atoms. The van der Waals surface area contributed by atoms with E-state index >= 15 is 0 Å². The Balaban J connectivity index is 1.91. The summed E-state index contributed by atoms with van der Waals surface area (Å²) >= 11 is 5.09. The average Bonchev–Trinajstić information content (AvgIpc) is 2.78. The number of esters is 1. The van der Waals surface area contributed by atoms with E-state index in [-0.39, 0.29) is 22.1 Å². The van der Waals surface area contributed by atoms with Gasteiger partial charge in [0.2, 0.25) is 0 Å². The lowest BCUT2D eigenvalue weighted by Gasteiger charge is -2.14. The summed E-state index contributed by atoms with van der Waals surface area (Å²) < 4.78 is 4.88. The molecule has 2 aliphatic rings. The number of hydrogen-bond acceptors (Lipinski definition) is 6. The molecule has 0 aliphatic carbocycles. The molecule has 3 rings (SSSR count). The summed E-state index contributed by atoms with van der Waals surface area (Å²) in [5.41, 5.74) is 0.659. The Bertz CT molecular complexity index is 855. The third-order valence-electron chi connectivity index (χ3n) is 3.24. The summed E-state index contributed by atoms with van der Waals surface area (Å²) in [5.74, 6) is -1.64. The van der Waals surface area contributed by atoms with Crippen molar-refractivity contribution in [1.82, 2.24) is 15.2 Å². The van der Waals surface area contributed by atoms with Crippen molar-refractivity contribution in [1.29, 1.82) is 0 Å². The van der Waals surface area contributed by atoms with Gasteiger partial charge in [-0.2, -0.15) is 0 Å². The van der Waals surface area contributed by atoms with Gasteiger partial charge in [0, 0.05) is 24.7 Å². The van der Waals surface area contributed by atoms with Gasteiger partial charge in [-0.3, -0.25) is 19.5 Å². The number of pyridine rings is 1. The summed E-state index contributed by atoms with van der Waals surface area (Å²) in [7, 11) is 0. The highest BCUT2D eigenvalue weighted by Crippen LogP contribution is 2.19. The number of thiocarbonyl (C=S) groups is 1. The molecule has 0 radical (unpaired) electrons. The molecule has 1 N–H and O–H groups in total. The Morgan fingerprint density at radius 2 is 2.12 bits per heavy atom. The molecule has 7 nitrogen and oxygen atoms in total. The first kappa shape index (κ1) is 15.8. The molecular formula is C16H11N3O4S. The van der Waals surface area contributed by atoms with E-state index < -0.39 is 17.7 Å². The molecule has 1 saturated heterocycles. The van der Waals surface area contributed by atoms with Crippen molar-refractivity contribution in [2.45, 2.75) is 6.92 Å². The SMILES string of the molecule is CC1=CC(=O)C(=CN2C(=O)/C(=C\c3cccnc3)NC2=S)C(=O)O1. The maximum atomic E-state index is 12.4. The first-order chi connectivity index (χ1) is 11.5. The minimum Gasteiger partial charge on any atom is -0.427 e. The molecule has 1 aromatic heterocycles. The highest BCUT2D eigenvalue weighted by molar-refractivity contribution is 7.80. The molecule has 0 unspecified atom stereocenters. The number of hydrogen-bond donors (Lipinski definition) is 1. The molecule has 3 heterocycles. The standard InChI is InChI=1S/C16H11N3O4S/c1-9-5-13(20)11(15(22)23-9)8-19-14(21)12(18-16(19)24)6-10-3-2-4-17-7-10/h2-8H,1H3,(H,18,24)/b11-8?,12-6+. The fourth-order valence-electron chi connectivity index (χ4n) is 2.13. The molecule has 1 fully saturated rings. The van der Waals surface area contributed by atoms with Crippen molar-refractivity contribution in [3.63, 3.8) is 0 Å². The minimum atomic E-state index is -0.819. The summed E-state index contributed by atoms with van der Waals surface area (Å²) in [6.45, 7) is 1.49. The molecule has 1 amide bonds. The number of nitrogens with zero attached hydrogens (tertiary/aromatic N) is 2. The van der Waals surface area contributed by atoms with Gasteiger partial charge in [0.25, 0.3) is 5.91 Å². The number of carbonyl (C=O) groups excluding carboxylic acids is 3. The van der Waals surface area contributed by atoms with Crippen LogP contribution in [0, 0.1) is 0 Å². The van der Waals surface area contributed by atoms with Crippen molar-refractivity contribution in [3.05, 3.63) is 59.4 Å². The summed E-state index contributed by atoms with van der Waals surface area (Å²) in [6.07, 6.45) is 7.04. The second-order valence-corrected chi connectivity index (χ2v) is 5.39. The maximum Gasteiger partial charge on any atom is 0.348 e. The number of aromatic nitrogens is 1. The summed E-state index contributed by atoms with van der Waals surface area (Å²) in [4.78, 5) is 41.2. The highest BCUT2D eigenvalue weighted by atomic mass is 32.1. The lowest BCUT2D eigenvalue weighted by molar-refractivity contribution is -0.137. The number of ketones is 1. The predicted octanol–water partition coefficient (Wildman–Crippen LogP) is 1.05. The van der Waals surface area contributed by atoms with E-state index in [1.807, 2.05) is 0 Å². The second-order valence-electron chi connectivity index (χ2n) is 5.00. The molecule has 0 saturated carbocycles. The highest BCUT2D eigenvalue weighted by Gasteiger charge is 2.33.